The van der Waals surface area contributed by atoms with Crippen molar-refractivity contribution in [2.75, 3.05) is 0 Å². The molecule has 0 saturated heterocycles. The highest BCUT2D eigenvalue weighted by atomic mass is 16.5. The molecule has 27 heavy (non-hydrogen) atoms. The van der Waals surface area contributed by atoms with E-state index >= 15 is 0 Å². The topological polar surface area (TPSA) is 94.6 Å². The predicted octanol–water partition coefficient (Wildman–Crippen LogP) is 1.68. The number of ether oxygens (including phenoxy) is 1. The Morgan fingerprint density at radius 3 is 2.11 bits per heavy atom. The van der Waals surface area contributed by atoms with Gasteiger partial charge in [-0.3, -0.25) is 24.0 Å². The first-order valence-electron chi connectivity index (χ1n) is 8.77. The maximum Gasteiger partial charge on any atom is 0.303 e. The van der Waals surface area contributed by atoms with Crippen molar-refractivity contribution in [3.8, 4) is 0 Å². The molecule has 0 N–H and O–H groups in total. The molecular weight excluding hydrogens is 348 g/mol. The zero-order valence-corrected chi connectivity index (χ0v) is 15.0. The SMILES string of the molecule is CCCCC(OC(C)=O)c1cc(=O)c2c(=O)c3ccccc3c(=O)c=2c1=O. The molecule has 6 nitrogen and oxygen atoms in total. The smallest absolute Gasteiger partial charge is 0.303 e. The van der Waals surface area contributed by atoms with Crippen LogP contribution in [0.2, 0.25) is 0 Å². The third-order valence-electron chi connectivity index (χ3n) is 4.62. The summed E-state index contributed by atoms with van der Waals surface area (Å²) in [6, 6.07) is 7.12. The van der Waals surface area contributed by atoms with Gasteiger partial charge in [-0.25, -0.2) is 0 Å². The van der Waals surface area contributed by atoms with Crippen LogP contribution in [0.25, 0.3) is 10.8 Å². The maximum absolute atomic E-state index is 13.0. The lowest BCUT2D eigenvalue weighted by molar-refractivity contribution is -0.147. The van der Waals surface area contributed by atoms with Crippen LogP contribution in [0.15, 0.2) is 49.5 Å². The molecule has 0 spiro atoms. The van der Waals surface area contributed by atoms with Gasteiger partial charge in [-0.05, 0) is 18.9 Å². The summed E-state index contributed by atoms with van der Waals surface area (Å²) < 4.78 is 5.22. The molecule has 1 unspecified atom stereocenters. The largest absolute Gasteiger partial charge is 0.458 e. The van der Waals surface area contributed by atoms with Crippen LogP contribution in [0.1, 0.15) is 44.8 Å². The normalized spacial score (nSPS) is 12.4. The van der Waals surface area contributed by atoms with Gasteiger partial charge >= 0.3 is 5.97 Å². The molecule has 2 aliphatic rings. The number of carbonyl (C=O) groups excluding carboxylic acids is 1. The molecule has 0 amide bonds. The van der Waals surface area contributed by atoms with Gasteiger partial charge in [-0.1, -0.05) is 37.6 Å². The average Bonchev–Trinajstić information content (AvgIpc) is 2.64. The van der Waals surface area contributed by atoms with Crippen molar-refractivity contribution in [3.63, 3.8) is 0 Å². The number of benzene rings is 1. The van der Waals surface area contributed by atoms with Crippen LogP contribution < -0.4 is 21.7 Å². The minimum Gasteiger partial charge on any atom is -0.458 e. The summed E-state index contributed by atoms with van der Waals surface area (Å²) in [5, 5.41) is -0.609. The molecule has 0 saturated carbocycles. The Hall–Kier alpha value is -3.15. The van der Waals surface area contributed by atoms with E-state index in [1.54, 1.807) is 12.1 Å². The number of unbranched alkanes of at least 4 members (excludes halogenated alkanes) is 1. The highest BCUT2D eigenvalue weighted by Gasteiger charge is 2.22. The van der Waals surface area contributed by atoms with Crippen LogP contribution in [0.5, 0.6) is 0 Å². The molecular formula is C21H18O6. The Morgan fingerprint density at radius 1 is 0.963 bits per heavy atom. The van der Waals surface area contributed by atoms with Gasteiger partial charge in [0.25, 0.3) is 0 Å². The van der Waals surface area contributed by atoms with E-state index in [0.29, 0.717) is 12.8 Å². The van der Waals surface area contributed by atoms with Crippen LogP contribution in [-0.2, 0) is 9.53 Å². The summed E-state index contributed by atoms with van der Waals surface area (Å²) in [5.74, 6) is -0.589. The Labute approximate surface area is 153 Å². The van der Waals surface area contributed by atoms with Gasteiger partial charge in [0.2, 0.25) is 0 Å². The fraction of sp³-hybridized carbons (Fsp3) is 0.286. The Morgan fingerprint density at radius 2 is 1.56 bits per heavy atom. The monoisotopic (exact) mass is 366 g/mol. The number of carbonyl (C=O) groups is 1. The second-order valence-electron chi connectivity index (χ2n) is 6.49. The quantitative estimate of drug-likeness (QED) is 0.638. The van der Waals surface area contributed by atoms with Gasteiger partial charge in [0.15, 0.2) is 21.7 Å². The summed E-state index contributed by atoms with van der Waals surface area (Å²) >= 11 is 0. The molecule has 1 aromatic carbocycles. The van der Waals surface area contributed by atoms with Crippen molar-refractivity contribution in [1.82, 2.24) is 0 Å². The number of hydrogen-bond acceptors (Lipinski definition) is 6. The van der Waals surface area contributed by atoms with Crippen molar-refractivity contribution in [1.29, 1.82) is 0 Å². The molecule has 0 fully saturated rings. The molecule has 0 aliphatic heterocycles. The third-order valence-corrected chi connectivity index (χ3v) is 4.62. The van der Waals surface area contributed by atoms with Crippen LogP contribution in [0.3, 0.4) is 0 Å². The number of fused-ring (bicyclic) bond motifs is 1. The molecule has 138 valence electrons. The molecule has 0 radical (unpaired) electrons. The Bertz CT molecular complexity index is 1300. The molecule has 0 aromatic heterocycles. The van der Waals surface area contributed by atoms with Crippen molar-refractivity contribution < 1.29 is 9.53 Å². The summed E-state index contributed by atoms with van der Waals surface area (Å²) in [4.78, 5) is 62.6. The lowest BCUT2D eigenvalue weighted by Gasteiger charge is -2.16. The minimum absolute atomic E-state index is 0.0528. The van der Waals surface area contributed by atoms with Crippen molar-refractivity contribution in [2.45, 2.75) is 39.2 Å². The standard InChI is InChI=1S/C21H18O6/c1-3-4-9-16(27-11(2)22)14-10-15(23)17-18(21(14)26)20(25)13-8-6-5-7-12(13)19(17)24/h5-8,10,16H,3-4,9H2,1-2H3. The van der Waals surface area contributed by atoms with Gasteiger partial charge in [-0.2, -0.15) is 0 Å². The van der Waals surface area contributed by atoms with Crippen LogP contribution >= 0.6 is 0 Å². The van der Waals surface area contributed by atoms with E-state index in [-0.39, 0.29) is 16.3 Å². The fourth-order valence-electron chi connectivity index (χ4n) is 3.36. The molecule has 1 atom stereocenters. The van der Waals surface area contributed by atoms with Crippen LogP contribution in [0.4, 0.5) is 0 Å². The second-order valence-corrected chi connectivity index (χ2v) is 6.49. The highest BCUT2D eigenvalue weighted by molar-refractivity contribution is 5.82. The third kappa shape index (κ3) is 3.18. The predicted molar refractivity (Wildman–Crippen MR) is 101 cm³/mol. The molecule has 2 aliphatic carbocycles. The van der Waals surface area contributed by atoms with Gasteiger partial charge in [0.1, 0.15) is 6.10 Å². The van der Waals surface area contributed by atoms with Gasteiger partial charge < -0.3 is 4.74 Å². The van der Waals surface area contributed by atoms with E-state index in [2.05, 4.69) is 0 Å². The van der Waals surface area contributed by atoms with Gasteiger partial charge in [-0.15, -0.1) is 0 Å². The van der Waals surface area contributed by atoms with E-state index in [1.165, 1.54) is 19.1 Å². The van der Waals surface area contributed by atoms with E-state index in [4.69, 9.17) is 4.74 Å². The average molecular weight is 366 g/mol. The summed E-state index contributed by atoms with van der Waals surface area (Å²) in [6.45, 7) is 3.15. The number of hydrogen-bond donors (Lipinski definition) is 0. The Balaban J connectivity index is 2.45. The first-order chi connectivity index (χ1) is 12.9. The second kappa shape index (κ2) is 7.23. The van der Waals surface area contributed by atoms with E-state index < -0.39 is 44.2 Å². The Kier molecular flexibility index (Phi) is 4.99. The van der Waals surface area contributed by atoms with E-state index in [9.17, 15) is 24.0 Å². The molecule has 3 rings (SSSR count). The molecule has 1 aromatic rings. The van der Waals surface area contributed by atoms with Crippen LogP contribution in [0, 0.1) is 10.4 Å². The number of rotatable bonds is 5. The minimum atomic E-state index is -0.923. The zero-order chi connectivity index (χ0) is 19.7. The lowest BCUT2D eigenvalue weighted by atomic mass is 9.98. The van der Waals surface area contributed by atoms with Gasteiger partial charge in [0, 0.05) is 23.3 Å². The van der Waals surface area contributed by atoms with E-state index in [1.807, 2.05) is 6.92 Å². The summed E-state index contributed by atoms with van der Waals surface area (Å²) in [5.41, 5.74) is -2.77. The van der Waals surface area contributed by atoms with Gasteiger partial charge in [0.05, 0.1) is 10.4 Å². The fourth-order valence-corrected chi connectivity index (χ4v) is 3.36. The zero-order valence-electron chi connectivity index (χ0n) is 15.0. The molecule has 0 heterocycles. The van der Waals surface area contributed by atoms with Crippen molar-refractivity contribution >= 4 is 16.7 Å². The van der Waals surface area contributed by atoms with Crippen LogP contribution in [-0.4, -0.2) is 5.97 Å². The van der Waals surface area contributed by atoms with Crippen molar-refractivity contribution in [3.05, 3.63) is 87.2 Å². The molecule has 6 heteroatoms. The lowest BCUT2D eigenvalue weighted by Crippen LogP contribution is -2.32. The molecule has 0 bridgehead atoms. The first-order valence-corrected chi connectivity index (χ1v) is 8.77. The maximum atomic E-state index is 13.0. The highest BCUT2D eigenvalue weighted by Crippen LogP contribution is 2.20. The van der Waals surface area contributed by atoms with E-state index in [0.717, 1.165) is 12.5 Å². The first kappa shape index (κ1) is 18.6. The summed E-state index contributed by atoms with van der Waals surface area (Å²) in [7, 11) is 0. The van der Waals surface area contributed by atoms with Crippen molar-refractivity contribution in [2.24, 2.45) is 0 Å². The summed E-state index contributed by atoms with van der Waals surface area (Å²) in [6.07, 6.45) is 0.889. The number of esters is 1.